The smallest absolute Gasteiger partial charge is 0.155 e. The summed E-state index contributed by atoms with van der Waals surface area (Å²) in [7, 11) is -3.11. The zero-order valence-corrected chi connectivity index (χ0v) is 14.8. The van der Waals surface area contributed by atoms with Crippen LogP contribution in [0.5, 0.6) is 0 Å². The predicted octanol–water partition coefficient (Wildman–Crippen LogP) is 3.24. The number of aryl methyl sites for hydroxylation is 2. The van der Waals surface area contributed by atoms with Crippen molar-refractivity contribution in [1.82, 2.24) is 5.32 Å². The molecular formula is C17H29NO2S. The molecule has 1 unspecified atom stereocenters. The van der Waals surface area contributed by atoms with E-state index in [9.17, 15) is 8.42 Å². The molecule has 0 aliphatic rings. The largest absolute Gasteiger partial charge is 0.313 e. The number of sulfone groups is 1. The van der Waals surface area contributed by atoms with Crippen LogP contribution in [0, 0.1) is 19.8 Å². The second-order valence-electron chi connectivity index (χ2n) is 6.36. The van der Waals surface area contributed by atoms with Crippen molar-refractivity contribution in [3.8, 4) is 0 Å². The highest BCUT2D eigenvalue weighted by Gasteiger charge is 2.22. The Balaban J connectivity index is 2.79. The molecule has 0 amide bonds. The van der Waals surface area contributed by atoms with Gasteiger partial charge in [0.05, 0.1) is 11.5 Å². The molecule has 120 valence electrons. The van der Waals surface area contributed by atoms with Crippen molar-refractivity contribution in [2.24, 2.45) is 5.92 Å². The summed E-state index contributed by atoms with van der Waals surface area (Å²) >= 11 is 0. The maximum absolute atomic E-state index is 12.5. The fraction of sp³-hybridized carbons (Fsp3) is 0.647. The van der Waals surface area contributed by atoms with Gasteiger partial charge in [0.1, 0.15) is 0 Å². The Labute approximate surface area is 130 Å². The van der Waals surface area contributed by atoms with E-state index in [-0.39, 0.29) is 17.5 Å². The fourth-order valence-electron chi connectivity index (χ4n) is 2.56. The fourth-order valence-corrected chi connectivity index (χ4v) is 4.40. The van der Waals surface area contributed by atoms with E-state index in [0.29, 0.717) is 5.92 Å². The third-order valence-electron chi connectivity index (χ3n) is 3.56. The Morgan fingerprint density at radius 3 is 2.14 bits per heavy atom. The number of nitrogens with one attached hydrogen (secondary N) is 1. The monoisotopic (exact) mass is 311 g/mol. The van der Waals surface area contributed by atoms with E-state index in [1.54, 1.807) is 0 Å². The Hall–Kier alpha value is -0.870. The van der Waals surface area contributed by atoms with Gasteiger partial charge in [-0.05, 0) is 38.3 Å². The lowest BCUT2D eigenvalue weighted by Crippen LogP contribution is -2.40. The molecule has 0 saturated carbocycles. The van der Waals surface area contributed by atoms with E-state index < -0.39 is 9.84 Å². The molecule has 0 aliphatic heterocycles. The molecule has 0 aromatic heterocycles. The number of benzene rings is 1. The highest BCUT2D eigenvalue weighted by Crippen LogP contribution is 2.15. The first-order valence-electron chi connectivity index (χ1n) is 7.74. The van der Waals surface area contributed by atoms with Crippen molar-refractivity contribution in [2.75, 3.05) is 12.3 Å². The van der Waals surface area contributed by atoms with Gasteiger partial charge in [-0.15, -0.1) is 0 Å². The van der Waals surface area contributed by atoms with Gasteiger partial charge in [0.2, 0.25) is 0 Å². The van der Waals surface area contributed by atoms with Crippen LogP contribution in [-0.4, -0.2) is 26.8 Å². The summed E-state index contributed by atoms with van der Waals surface area (Å²) in [4.78, 5) is 0. The SMILES string of the molecule is CCCNC(CS(=O)(=O)Cc1cc(C)cc(C)c1)C(C)C. The standard InChI is InChI=1S/C17H29NO2S/c1-6-7-18-17(13(2)3)12-21(19,20)11-16-9-14(4)8-15(5)10-16/h8-10,13,17-18H,6-7,11-12H2,1-5H3. The third-order valence-corrected chi connectivity index (χ3v) is 5.20. The molecule has 1 aromatic carbocycles. The second kappa shape index (κ2) is 7.95. The summed E-state index contributed by atoms with van der Waals surface area (Å²) in [6.45, 7) is 11.1. The minimum atomic E-state index is -3.11. The Kier molecular flexibility index (Phi) is 6.88. The molecule has 1 rings (SSSR count). The molecule has 0 saturated heterocycles. The molecule has 0 bridgehead atoms. The molecule has 4 heteroatoms. The minimum Gasteiger partial charge on any atom is -0.313 e. The van der Waals surface area contributed by atoms with Crippen LogP contribution in [0.2, 0.25) is 0 Å². The lowest BCUT2D eigenvalue weighted by Gasteiger charge is -2.22. The molecule has 3 nitrogen and oxygen atoms in total. The summed E-state index contributed by atoms with van der Waals surface area (Å²) < 4.78 is 24.9. The minimum absolute atomic E-state index is 0.0286. The number of hydrogen-bond donors (Lipinski definition) is 1. The van der Waals surface area contributed by atoms with Crippen molar-refractivity contribution < 1.29 is 8.42 Å². The van der Waals surface area contributed by atoms with Crippen LogP contribution >= 0.6 is 0 Å². The Morgan fingerprint density at radius 2 is 1.67 bits per heavy atom. The molecule has 1 atom stereocenters. The molecule has 0 spiro atoms. The topological polar surface area (TPSA) is 46.2 Å². The van der Waals surface area contributed by atoms with E-state index in [1.807, 2.05) is 26.0 Å². The summed E-state index contributed by atoms with van der Waals surface area (Å²) in [6, 6.07) is 6.03. The molecule has 0 aliphatic carbocycles. The van der Waals surface area contributed by atoms with Crippen molar-refractivity contribution in [3.63, 3.8) is 0 Å². The van der Waals surface area contributed by atoms with Gasteiger partial charge in [-0.2, -0.15) is 0 Å². The normalized spacial score (nSPS) is 13.6. The van der Waals surface area contributed by atoms with E-state index >= 15 is 0 Å². The average molecular weight is 311 g/mol. The van der Waals surface area contributed by atoms with Gasteiger partial charge < -0.3 is 5.32 Å². The van der Waals surface area contributed by atoms with Crippen LogP contribution in [0.1, 0.15) is 43.9 Å². The quantitative estimate of drug-likeness (QED) is 0.801. The lowest BCUT2D eigenvalue weighted by atomic mass is 10.1. The zero-order chi connectivity index (χ0) is 16.0. The van der Waals surface area contributed by atoms with Gasteiger partial charge in [-0.1, -0.05) is 50.1 Å². The third kappa shape index (κ3) is 6.62. The van der Waals surface area contributed by atoms with Crippen LogP contribution in [0.3, 0.4) is 0 Å². The van der Waals surface area contributed by atoms with Crippen molar-refractivity contribution in [2.45, 2.75) is 52.8 Å². The Bertz CT molecular complexity index is 530. The van der Waals surface area contributed by atoms with Crippen molar-refractivity contribution in [1.29, 1.82) is 0 Å². The van der Waals surface area contributed by atoms with Crippen LogP contribution in [0.25, 0.3) is 0 Å². The highest BCUT2D eigenvalue weighted by molar-refractivity contribution is 7.90. The van der Waals surface area contributed by atoms with E-state index in [4.69, 9.17) is 0 Å². The van der Waals surface area contributed by atoms with E-state index in [1.165, 1.54) is 0 Å². The Morgan fingerprint density at radius 1 is 1.10 bits per heavy atom. The molecule has 0 fully saturated rings. The van der Waals surface area contributed by atoms with Crippen LogP contribution < -0.4 is 5.32 Å². The van der Waals surface area contributed by atoms with Crippen LogP contribution in [0.4, 0.5) is 0 Å². The van der Waals surface area contributed by atoms with Crippen LogP contribution in [0.15, 0.2) is 18.2 Å². The molecule has 1 N–H and O–H groups in total. The predicted molar refractivity (Wildman–Crippen MR) is 90.3 cm³/mol. The van der Waals surface area contributed by atoms with Crippen molar-refractivity contribution >= 4 is 9.84 Å². The number of rotatable bonds is 8. The molecule has 0 radical (unpaired) electrons. The average Bonchev–Trinajstić information content (AvgIpc) is 2.32. The zero-order valence-electron chi connectivity index (χ0n) is 13.9. The summed E-state index contributed by atoms with van der Waals surface area (Å²) in [5.74, 6) is 0.648. The molecule has 0 heterocycles. The summed E-state index contributed by atoms with van der Waals surface area (Å²) in [6.07, 6.45) is 1.01. The van der Waals surface area contributed by atoms with E-state index in [2.05, 4.69) is 32.2 Å². The maximum Gasteiger partial charge on any atom is 0.155 e. The highest BCUT2D eigenvalue weighted by atomic mass is 32.2. The van der Waals surface area contributed by atoms with Gasteiger partial charge in [0.15, 0.2) is 9.84 Å². The van der Waals surface area contributed by atoms with Gasteiger partial charge in [0.25, 0.3) is 0 Å². The molecule has 21 heavy (non-hydrogen) atoms. The summed E-state index contributed by atoms with van der Waals surface area (Å²) in [5.41, 5.74) is 3.12. The van der Waals surface area contributed by atoms with Crippen LogP contribution in [-0.2, 0) is 15.6 Å². The van der Waals surface area contributed by atoms with Gasteiger partial charge in [-0.25, -0.2) is 8.42 Å². The second-order valence-corrected chi connectivity index (χ2v) is 8.46. The molecule has 1 aromatic rings. The number of hydrogen-bond acceptors (Lipinski definition) is 3. The summed E-state index contributed by atoms with van der Waals surface area (Å²) in [5, 5.41) is 3.35. The maximum atomic E-state index is 12.5. The van der Waals surface area contributed by atoms with Gasteiger partial charge in [-0.3, -0.25) is 0 Å². The molecular weight excluding hydrogens is 282 g/mol. The first-order chi connectivity index (χ1) is 9.73. The first kappa shape index (κ1) is 18.2. The first-order valence-corrected chi connectivity index (χ1v) is 9.56. The van der Waals surface area contributed by atoms with Gasteiger partial charge in [0, 0.05) is 6.04 Å². The van der Waals surface area contributed by atoms with Gasteiger partial charge >= 0.3 is 0 Å². The lowest BCUT2D eigenvalue weighted by molar-refractivity contribution is 0.426. The van der Waals surface area contributed by atoms with Crippen molar-refractivity contribution in [3.05, 3.63) is 34.9 Å². The van der Waals surface area contributed by atoms with E-state index in [0.717, 1.165) is 29.7 Å².